The first kappa shape index (κ1) is 14.7. The third-order valence-electron chi connectivity index (χ3n) is 3.19. The van der Waals surface area contributed by atoms with Crippen LogP contribution in [0, 0.1) is 5.92 Å². The van der Waals surface area contributed by atoms with Crippen LogP contribution in [0.5, 0.6) is 11.5 Å². The lowest BCUT2D eigenvalue weighted by molar-refractivity contribution is -0.140. The molecule has 20 heavy (non-hydrogen) atoms. The van der Waals surface area contributed by atoms with Crippen LogP contribution in [0.2, 0.25) is 0 Å². The van der Waals surface area contributed by atoms with Crippen LogP contribution in [0.25, 0.3) is 0 Å². The number of hydrogen-bond acceptors (Lipinski definition) is 4. The molecule has 2 N–H and O–H groups in total. The van der Waals surface area contributed by atoms with Crippen LogP contribution in [0.15, 0.2) is 18.2 Å². The van der Waals surface area contributed by atoms with E-state index in [1.165, 1.54) is 0 Å². The molecule has 5 heteroatoms. The summed E-state index contributed by atoms with van der Waals surface area (Å²) in [7, 11) is 0. The zero-order valence-corrected chi connectivity index (χ0v) is 11.9. The number of aliphatic carboxylic acids is 1. The molecule has 0 radical (unpaired) electrons. The third-order valence-corrected chi connectivity index (χ3v) is 3.19. The Morgan fingerprint density at radius 3 is 2.80 bits per heavy atom. The number of nitrogens with one attached hydrogen (secondary N) is 1. The number of hydrogen-bond donors (Lipinski definition) is 2. The molecule has 1 aromatic rings. The van der Waals surface area contributed by atoms with Gasteiger partial charge >= 0.3 is 5.97 Å². The first-order valence-electron chi connectivity index (χ1n) is 6.91. The topological polar surface area (TPSA) is 67.8 Å². The van der Waals surface area contributed by atoms with E-state index in [1.54, 1.807) is 0 Å². The van der Waals surface area contributed by atoms with E-state index in [9.17, 15) is 9.90 Å². The Labute approximate surface area is 118 Å². The predicted octanol–water partition coefficient (Wildman–Crippen LogP) is 2.05. The molecule has 0 unspecified atom stereocenters. The Morgan fingerprint density at radius 2 is 2.10 bits per heavy atom. The molecule has 0 aromatic heterocycles. The molecule has 0 aliphatic carbocycles. The summed E-state index contributed by atoms with van der Waals surface area (Å²) < 4.78 is 11.1. The van der Waals surface area contributed by atoms with E-state index in [4.69, 9.17) is 9.47 Å². The monoisotopic (exact) mass is 279 g/mol. The van der Waals surface area contributed by atoms with Gasteiger partial charge in [-0.15, -0.1) is 0 Å². The second-order valence-electron chi connectivity index (χ2n) is 5.34. The van der Waals surface area contributed by atoms with Gasteiger partial charge in [0.1, 0.15) is 19.3 Å². The number of carboxylic acids is 1. The molecule has 1 aliphatic rings. The summed E-state index contributed by atoms with van der Waals surface area (Å²) in [6.45, 7) is 5.56. The molecule has 1 heterocycles. The highest BCUT2D eigenvalue weighted by molar-refractivity contribution is 5.73. The molecule has 1 aromatic carbocycles. The van der Waals surface area contributed by atoms with Crippen molar-refractivity contribution in [1.29, 1.82) is 0 Å². The Bertz CT molecular complexity index is 473. The molecule has 110 valence electrons. The third kappa shape index (κ3) is 3.63. The number of ether oxygens (including phenoxy) is 2. The highest BCUT2D eigenvalue weighted by Gasteiger charge is 2.20. The van der Waals surface area contributed by atoms with Crippen LogP contribution >= 0.6 is 0 Å². The number of para-hydroxylation sites is 1. The zero-order chi connectivity index (χ0) is 14.5. The highest BCUT2D eigenvalue weighted by atomic mass is 16.6. The van der Waals surface area contributed by atoms with Gasteiger partial charge in [-0.1, -0.05) is 26.0 Å². The van der Waals surface area contributed by atoms with E-state index in [0.29, 0.717) is 32.1 Å². The maximum Gasteiger partial charge on any atom is 0.320 e. The fraction of sp³-hybridized carbons (Fsp3) is 0.533. The molecular formula is C15H21NO4. The predicted molar refractivity (Wildman–Crippen MR) is 75.2 cm³/mol. The van der Waals surface area contributed by atoms with Gasteiger partial charge in [0, 0.05) is 12.1 Å². The van der Waals surface area contributed by atoms with Crippen LogP contribution in [0.3, 0.4) is 0 Å². The van der Waals surface area contributed by atoms with Gasteiger partial charge in [-0.25, -0.2) is 0 Å². The van der Waals surface area contributed by atoms with Crippen LogP contribution in [0.4, 0.5) is 0 Å². The summed E-state index contributed by atoms with van der Waals surface area (Å²) in [6.07, 6.45) is 0.599. The lowest BCUT2D eigenvalue weighted by Crippen LogP contribution is -2.37. The highest BCUT2D eigenvalue weighted by Crippen LogP contribution is 2.33. The molecule has 0 amide bonds. The maximum absolute atomic E-state index is 11.2. The van der Waals surface area contributed by atoms with Crippen molar-refractivity contribution in [2.45, 2.75) is 32.9 Å². The van der Waals surface area contributed by atoms with Gasteiger partial charge in [0.15, 0.2) is 11.5 Å². The molecule has 0 saturated heterocycles. The van der Waals surface area contributed by atoms with E-state index in [0.717, 1.165) is 17.1 Å². The molecule has 1 atom stereocenters. The van der Waals surface area contributed by atoms with Crippen LogP contribution in [-0.4, -0.2) is 30.3 Å². The van der Waals surface area contributed by atoms with Gasteiger partial charge in [0.25, 0.3) is 0 Å². The number of carboxylic acid groups (broad SMARTS) is 1. The molecule has 0 saturated carbocycles. The molecule has 0 fully saturated rings. The van der Waals surface area contributed by atoms with Crippen molar-refractivity contribution in [1.82, 2.24) is 5.32 Å². The smallest absolute Gasteiger partial charge is 0.320 e. The fourth-order valence-corrected chi connectivity index (χ4v) is 2.25. The van der Waals surface area contributed by atoms with Crippen molar-refractivity contribution in [2.75, 3.05) is 13.2 Å². The van der Waals surface area contributed by atoms with Crippen molar-refractivity contribution < 1.29 is 19.4 Å². The van der Waals surface area contributed by atoms with E-state index in [-0.39, 0.29) is 0 Å². The van der Waals surface area contributed by atoms with Crippen molar-refractivity contribution in [3.63, 3.8) is 0 Å². The van der Waals surface area contributed by atoms with E-state index < -0.39 is 12.0 Å². The maximum atomic E-state index is 11.2. The first-order valence-corrected chi connectivity index (χ1v) is 6.91. The minimum absolute atomic E-state index is 0.327. The van der Waals surface area contributed by atoms with Gasteiger partial charge in [-0.05, 0) is 18.4 Å². The van der Waals surface area contributed by atoms with Crippen molar-refractivity contribution in [3.8, 4) is 11.5 Å². The lowest BCUT2D eigenvalue weighted by Gasteiger charge is -2.22. The zero-order valence-electron chi connectivity index (χ0n) is 11.9. The normalized spacial score (nSPS) is 15.2. The van der Waals surface area contributed by atoms with E-state index in [1.807, 2.05) is 32.0 Å². The quantitative estimate of drug-likeness (QED) is 0.834. The minimum atomic E-state index is -0.819. The summed E-state index contributed by atoms with van der Waals surface area (Å²) in [5.74, 6) is 0.958. The molecule has 0 bridgehead atoms. The average molecular weight is 279 g/mol. The van der Waals surface area contributed by atoms with Gasteiger partial charge < -0.3 is 19.9 Å². The summed E-state index contributed by atoms with van der Waals surface area (Å²) in [5, 5.41) is 12.3. The second kappa shape index (κ2) is 6.61. The lowest BCUT2D eigenvalue weighted by atomic mass is 10.0. The van der Waals surface area contributed by atoms with Crippen LogP contribution in [-0.2, 0) is 11.3 Å². The number of benzene rings is 1. The number of fused-ring (bicyclic) bond motifs is 1. The van der Waals surface area contributed by atoms with Gasteiger partial charge in [0.05, 0.1) is 0 Å². The largest absolute Gasteiger partial charge is 0.486 e. The van der Waals surface area contributed by atoms with Crippen molar-refractivity contribution >= 4 is 5.97 Å². The first-order chi connectivity index (χ1) is 9.58. The van der Waals surface area contributed by atoms with Crippen LogP contribution in [0.1, 0.15) is 25.8 Å². The standard InChI is InChI=1S/C15H21NO4/c1-10(2)8-12(15(17)18)16-9-11-4-3-5-13-14(11)20-7-6-19-13/h3-5,10,12,16H,6-9H2,1-2H3,(H,17,18)/t12-/m0/s1. The Kier molecular flexibility index (Phi) is 4.84. The minimum Gasteiger partial charge on any atom is -0.486 e. The SMILES string of the molecule is CC(C)C[C@H](NCc1cccc2c1OCCO2)C(=O)O. The summed E-state index contributed by atoms with van der Waals surface area (Å²) in [6, 6.07) is 5.13. The van der Waals surface area contributed by atoms with Gasteiger partial charge in [-0.2, -0.15) is 0 Å². The Balaban J connectivity index is 2.04. The fourth-order valence-electron chi connectivity index (χ4n) is 2.25. The number of rotatable bonds is 6. The van der Waals surface area contributed by atoms with Gasteiger partial charge in [-0.3, -0.25) is 4.79 Å². The Hall–Kier alpha value is -1.75. The summed E-state index contributed by atoms with van der Waals surface area (Å²) in [4.78, 5) is 11.2. The Morgan fingerprint density at radius 1 is 1.35 bits per heavy atom. The molecule has 5 nitrogen and oxygen atoms in total. The van der Waals surface area contributed by atoms with E-state index in [2.05, 4.69) is 5.32 Å². The molecule has 2 rings (SSSR count). The molecular weight excluding hydrogens is 258 g/mol. The van der Waals surface area contributed by atoms with Crippen molar-refractivity contribution in [3.05, 3.63) is 23.8 Å². The second-order valence-corrected chi connectivity index (χ2v) is 5.34. The summed E-state index contributed by atoms with van der Waals surface area (Å²) >= 11 is 0. The summed E-state index contributed by atoms with van der Waals surface area (Å²) in [5.41, 5.74) is 0.928. The van der Waals surface area contributed by atoms with Crippen LogP contribution < -0.4 is 14.8 Å². The van der Waals surface area contributed by atoms with Crippen molar-refractivity contribution in [2.24, 2.45) is 5.92 Å². The molecule has 1 aliphatic heterocycles. The van der Waals surface area contributed by atoms with Gasteiger partial charge in [0.2, 0.25) is 0 Å². The van der Waals surface area contributed by atoms with E-state index >= 15 is 0 Å². The average Bonchev–Trinajstić information content (AvgIpc) is 2.42. The molecule has 0 spiro atoms. The number of carbonyl (C=O) groups is 1.